The van der Waals surface area contributed by atoms with Crippen molar-refractivity contribution >= 4 is 6.34 Å². The van der Waals surface area contributed by atoms with Gasteiger partial charge in [-0.1, -0.05) is 20.8 Å². The van der Waals surface area contributed by atoms with E-state index in [2.05, 4.69) is 56.6 Å². The highest BCUT2D eigenvalue weighted by Crippen LogP contribution is 2.27. The van der Waals surface area contributed by atoms with Crippen LogP contribution in [0, 0.1) is 5.92 Å². The minimum absolute atomic E-state index is 0.154. The fraction of sp³-hybridized carbons (Fsp3) is 0.917. The predicted octanol–water partition coefficient (Wildman–Crippen LogP) is 2.74. The second-order valence-electron chi connectivity index (χ2n) is 5.63. The van der Waals surface area contributed by atoms with Crippen molar-refractivity contribution in [2.24, 2.45) is 11.0 Å². The van der Waals surface area contributed by atoms with E-state index in [4.69, 9.17) is 0 Å². The molecule has 0 aromatic heterocycles. The topological polar surface area (TPSA) is 18.8 Å². The fourth-order valence-electron chi connectivity index (χ4n) is 2.06. The molecule has 0 bridgehead atoms. The molecule has 0 amide bonds. The molecule has 1 atom stereocenters. The molecule has 0 saturated heterocycles. The average molecular weight is 211 g/mol. The second kappa shape index (κ2) is 4.42. The first-order valence-electron chi connectivity index (χ1n) is 5.97. The van der Waals surface area contributed by atoms with E-state index in [1.54, 1.807) is 0 Å². The molecule has 3 heteroatoms. The Labute approximate surface area is 94.1 Å². The van der Waals surface area contributed by atoms with Crippen LogP contribution in [0.15, 0.2) is 5.10 Å². The van der Waals surface area contributed by atoms with Crippen molar-refractivity contribution in [1.82, 2.24) is 9.91 Å². The van der Waals surface area contributed by atoms with Crippen LogP contribution in [-0.2, 0) is 0 Å². The van der Waals surface area contributed by atoms with Crippen LogP contribution in [0.4, 0.5) is 0 Å². The van der Waals surface area contributed by atoms with Gasteiger partial charge in [-0.05, 0) is 33.1 Å². The standard InChI is InChI=1S/C12H25N3/c1-7-8-15-11(10(2)3)14(9-13-15)12(4,5)6/h9-11H,7-8H2,1-6H3. The Hall–Kier alpha value is -0.730. The summed E-state index contributed by atoms with van der Waals surface area (Å²) >= 11 is 0. The van der Waals surface area contributed by atoms with Crippen LogP contribution in [0.25, 0.3) is 0 Å². The molecule has 1 heterocycles. The van der Waals surface area contributed by atoms with Gasteiger partial charge >= 0.3 is 0 Å². The molecule has 0 N–H and O–H groups in total. The van der Waals surface area contributed by atoms with Crippen molar-refractivity contribution in [1.29, 1.82) is 0 Å². The number of hydrogen-bond acceptors (Lipinski definition) is 3. The van der Waals surface area contributed by atoms with E-state index in [0.717, 1.165) is 13.0 Å². The van der Waals surface area contributed by atoms with Gasteiger partial charge in [0, 0.05) is 12.1 Å². The molecule has 0 saturated carbocycles. The number of hydrazone groups is 1. The van der Waals surface area contributed by atoms with Crippen molar-refractivity contribution in [3.63, 3.8) is 0 Å². The Morgan fingerprint density at radius 3 is 2.33 bits per heavy atom. The first-order chi connectivity index (χ1) is 6.88. The molecule has 1 rings (SSSR count). The van der Waals surface area contributed by atoms with Gasteiger partial charge in [-0.15, -0.1) is 0 Å². The van der Waals surface area contributed by atoms with Crippen LogP contribution in [0.3, 0.4) is 0 Å². The quantitative estimate of drug-likeness (QED) is 0.715. The summed E-state index contributed by atoms with van der Waals surface area (Å²) in [7, 11) is 0. The lowest BCUT2D eigenvalue weighted by Crippen LogP contribution is -2.51. The van der Waals surface area contributed by atoms with E-state index in [0.29, 0.717) is 12.1 Å². The molecular formula is C12H25N3. The fourth-order valence-corrected chi connectivity index (χ4v) is 2.06. The molecule has 0 aromatic carbocycles. The molecule has 0 aromatic rings. The average Bonchev–Trinajstić information content (AvgIpc) is 2.47. The predicted molar refractivity (Wildman–Crippen MR) is 65.7 cm³/mol. The van der Waals surface area contributed by atoms with Crippen molar-refractivity contribution in [3.05, 3.63) is 0 Å². The number of hydrogen-bond donors (Lipinski definition) is 0. The third kappa shape index (κ3) is 2.64. The van der Waals surface area contributed by atoms with Gasteiger partial charge in [-0.3, -0.25) is 5.01 Å². The Kier molecular flexibility index (Phi) is 3.63. The summed E-state index contributed by atoms with van der Waals surface area (Å²) in [6.45, 7) is 14.5. The van der Waals surface area contributed by atoms with Crippen LogP contribution < -0.4 is 0 Å². The minimum Gasteiger partial charge on any atom is -0.334 e. The zero-order chi connectivity index (χ0) is 11.6. The molecule has 0 radical (unpaired) electrons. The Balaban J connectivity index is 2.80. The van der Waals surface area contributed by atoms with Gasteiger partial charge in [-0.2, -0.15) is 5.10 Å². The molecule has 0 aliphatic carbocycles. The highest BCUT2D eigenvalue weighted by Gasteiger charge is 2.36. The molecule has 15 heavy (non-hydrogen) atoms. The number of nitrogens with zero attached hydrogens (tertiary/aromatic N) is 3. The van der Waals surface area contributed by atoms with Crippen molar-refractivity contribution in [3.8, 4) is 0 Å². The van der Waals surface area contributed by atoms with E-state index in [1.807, 2.05) is 6.34 Å². The first kappa shape index (κ1) is 12.3. The highest BCUT2D eigenvalue weighted by molar-refractivity contribution is 5.58. The molecule has 0 spiro atoms. The van der Waals surface area contributed by atoms with Crippen molar-refractivity contribution < 1.29 is 0 Å². The lowest BCUT2D eigenvalue weighted by Gasteiger charge is -2.41. The molecule has 1 aliphatic heterocycles. The van der Waals surface area contributed by atoms with Gasteiger partial charge in [-0.25, -0.2) is 0 Å². The maximum absolute atomic E-state index is 4.51. The summed E-state index contributed by atoms with van der Waals surface area (Å²) in [5.74, 6) is 0.596. The summed E-state index contributed by atoms with van der Waals surface area (Å²) in [4.78, 5) is 2.37. The van der Waals surface area contributed by atoms with Gasteiger partial charge in [0.25, 0.3) is 0 Å². The third-order valence-corrected chi connectivity index (χ3v) is 2.74. The van der Waals surface area contributed by atoms with E-state index in [1.165, 1.54) is 0 Å². The summed E-state index contributed by atoms with van der Waals surface area (Å²) in [5.41, 5.74) is 0.154. The Bertz CT molecular complexity index is 228. The first-order valence-corrected chi connectivity index (χ1v) is 5.97. The Morgan fingerprint density at radius 1 is 1.33 bits per heavy atom. The van der Waals surface area contributed by atoms with Crippen LogP contribution in [0.1, 0.15) is 48.0 Å². The minimum atomic E-state index is 0.154. The lowest BCUT2D eigenvalue weighted by atomic mass is 10.0. The zero-order valence-corrected chi connectivity index (χ0v) is 11.0. The van der Waals surface area contributed by atoms with Crippen LogP contribution in [-0.4, -0.2) is 34.5 Å². The van der Waals surface area contributed by atoms with E-state index in [9.17, 15) is 0 Å². The lowest BCUT2D eigenvalue weighted by molar-refractivity contribution is 0.0422. The molecule has 3 nitrogen and oxygen atoms in total. The third-order valence-electron chi connectivity index (χ3n) is 2.74. The smallest absolute Gasteiger partial charge is 0.121 e. The Morgan fingerprint density at radius 2 is 1.93 bits per heavy atom. The van der Waals surface area contributed by atoms with Crippen LogP contribution in [0.2, 0.25) is 0 Å². The second-order valence-corrected chi connectivity index (χ2v) is 5.63. The van der Waals surface area contributed by atoms with Gasteiger partial charge in [0.1, 0.15) is 12.5 Å². The summed E-state index contributed by atoms with van der Waals surface area (Å²) in [6, 6.07) is 0. The van der Waals surface area contributed by atoms with E-state index < -0.39 is 0 Å². The molecule has 1 aliphatic rings. The maximum Gasteiger partial charge on any atom is 0.121 e. The monoisotopic (exact) mass is 211 g/mol. The SMILES string of the molecule is CCCN1N=CN(C(C)(C)C)C1C(C)C. The van der Waals surface area contributed by atoms with E-state index >= 15 is 0 Å². The molecule has 0 fully saturated rings. The largest absolute Gasteiger partial charge is 0.334 e. The van der Waals surface area contributed by atoms with Crippen molar-refractivity contribution in [2.75, 3.05) is 6.54 Å². The highest BCUT2D eigenvalue weighted by atomic mass is 15.6. The van der Waals surface area contributed by atoms with Gasteiger partial charge in [0.15, 0.2) is 0 Å². The summed E-state index contributed by atoms with van der Waals surface area (Å²) in [5, 5.41) is 6.73. The molecule has 1 unspecified atom stereocenters. The molecular weight excluding hydrogens is 186 g/mol. The van der Waals surface area contributed by atoms with Gasteiger partial charge in [0.2, 0.25) is 0 Å². The molecule has 88 valence electrons. The van der Waals surface area contributed by atoms with Gasteiger partial charge < -0.3 is 4.90 Å². The maximum atomic E-state index is 4.51. The van der Waals surface area contributed by atoms with Crippen molar-refractivity contribution in [2.45, 2.75) is 59.7 Å². The zero-order valence-electron chi connectivity index (χ0n) is 11.0. The van der Waals surface area contributed by atoms with Gasteiger partial charge in [0.05, 0.1) is 0 Å². The summed E-state index contributed by atoms with van der Waals surface area (Å²) in [6.07, 6.45) is 3.57. The number of rotatable bonds is 3. The summed E-state index contributed by atoms with van der Waals surface area (Å²) < 4.78 is 0. The van der Waals surface area contributed by atoms with E-state index in [-0.39, 0.29) is 5.54 Å². The van der Waals surface area contributed by atoms with Crippen LogP contribution in [0.5, 0.6) is 0 Å². The normalized spacial score (nSPS) is 21.9. The van der Waals surface area contributed by atoms with Crippen LogP contribution >= 0.6 is 0 Å².